The van der Waals surface area contributed by atoms with E-state index in [4.69, 9.17) is 16.3 Å². The number of hydrogen-bond acceptors (Lipinski definition) is 2. The molecule has 0 aliphatic carbocycles. The van der Waals surface area contributed by atoms with Crippen LogP contribution < -0.4 is 0 Å². The summed E-state index contributed by atoms with van der Waals surface area (Å²) in [4.78, 5) is 16.8. The lowest BCUT2D eigenvalue weighted by Crippen LogP contribution is -2.32. The number of amides is 1. The van der Waals surface area contributed by atoms with Crippen LogP contribution in [0.3, 0.4) is 0 Å². The molecule has 1 heterocycles. The number of para-hydroxylation sites is 1. The quantitative estimate of drug-likeness (QED) is 0.716. The molecule has 0 spiro atoms. The van der Waals surface area contributed by atoms with Gasteiger partial charge in [-0.05, 0) is 35.7 Å². The molecule has 4 nitrogen and oxygen atoms in total. The molecule has 1 unspecified atom stereocenters. The second kappa shape index (κ2) is 7.15. The molecular weight excluding hydrogens is 343 g/mol. The zero-order chi connectivity index (χ0) is 18.0. The topological polar surface area (TPSA) is 45.3 Å². The number of benzene rings is 2. The second-order valence-electron chi connectivity index (χ2n) is 5.83. The summed E-state index contributed by atoms with van der Waals surface area (Å²) in [6, 6.07) is 12.1. The molecule has 1 aromatic heterocycles. The van der Waals surface area contributed by atoms with E-state index in [1.807, 2.05) is 30.5 Å². The third kappa shape index (κ3) is 3.46. The Morgan fingerprint density at radius 1 is 1.32 bits per heavy atom. The molecule has 130 valence electrons. The van der Waals surface area contributed by atoms with Crippen LogP contribution in [0.15, 0.2) is 48.7 Å². The molecule has 0 radical (unpaired) electrons. The van der Waals surface area contributed by atoms with Gasteiger partial charge in [0.1, 0.15) is 5.82 Å². The second-order valence-corrected chi connectivity index (χ2v) is 6.24. The number of carbonyl (C=O) groups excluding carboxylic acids is 1. The van der Waals surface area contributed by atoms with Crippen LogP contribution in [0, 0.1) is 5.82 Å². The summed E-state index contributed by atoms with van der Waals surface area (Å²) >= 11 is 5.94. The van der Waals surface area contributed by atoms with E-state index in [1.165, 1.54) is 18.1 Å². The van der Waals surface area contributed by atoms with E-state index >= 15 is 0 Å². The highest BCUT2D eigenvalue weighted by atomic mass is 35.5. The van der Waals surface area contributed by atoms with Crippen LogP contribution >= 0.6 is 11.6 Å². The first-order chi connectivity index (χ1) is 12.0. The molecule has 0 aliphatic rings. The molecule has 1 amide bonds. The highest BCUT2D eigenvalue weighted by molar-refractivity contribution is 6.30. The number of aromatic nitrogens is 1. The van der Waals surface area contributed by atoms with Crippen molar-refractivity contribution < 1.29 is 13.9 Å². The van der Waals surface area contributed by atoms with Crippen LogP contribution in [0.2, 0.25) is 5.02 Å². The Hall–Kier alpha value is -2.53. The maximum Gasteiger partial charge on any atom is 0.409 e. The first-order valence-corrected chi connectivity index (χ1v) is 8.19. The minimum Gasteiger partial charge on any atom is -0.453 e. The molecule has 3 aromatic rings. The normalized spacial score (nSPS) is 12.2. The van der Waals surface area contributed by atoms with Crippen LogP contribution in [-0.4, -0.2) is 30.1 Å². The van der Waals surface area contributed by atoms with E-state index in [-0.39, 0.29) is 11.1 Å². The van der Waals surface area contributed by atoms with Gasteiger partial charge in [0.25, 0.3) is 0 Å². The van der Waals surface area contributed by atoms with Crippen LogP contribution in [0.25, 0.3) is 10.9 Å². The van der Waals surface area contributed by atoms with Crippen molar-refractivity contribution >= 4 is 28.6 Å². The van der Waals surface area contributed by atoms with Crippen LogP contribution in [0.5, 0.6) is 0 Å². The number of H-pyrrole nitrogens is 1. The number of ether oxygens (including phenoxy) is 1. The number of hydrogen-bond donors (Lipinski definition) is 1. The fourth-order valence-electron chi connectivity index (χ4n) is 2.98. The molecule has 0 fully saturated rings. The number of likely N-dealkylation sites (N-methyl/N-ethyl adjacent to an activating group) is 1. The lowest BCUT2D eigenvalue weighted by atomic mass is 9.97. The standard InChI is InChI=1S/C19H18ClFN2O2/c1-23(19(24)25-2)18(12-7-8-16(21)15(20)9-12)10-13-11-22-17-6-4-3-5-14(13)17/h3-9,11,18,22H,10H2,1-2H3. The minimum atomic E-state index is -0.489. The van der Waals surface area contributed by atoms with Crippen molar-refractivity contribution in [1.82, 2.24) is 9.88 Å². The number of carbonyl (C=O) groups is 1. The monoisotopic (exact) mass is 360 g/mol. The predicted octanol–water partition coefficient (Wildman–Crippen LogP) is 4.94. The SMILES string of the molecule is COC(=O)N(C)C(Cc1c[nH]c2ccccc12)c1ccc(F)c(Cl)c1. The summed E-state index contributed by atoms with van der Waals surface area (Å²) < 4.78 is 18.4. The number of fused-ring (bicyclic) bond motifs is 1. The lowest BCUT2D eigenvalue weighted by molar-refractivity contribution is 0.117. The van der Waals surface area contributed by atoms with Gasteiger partial charge >= 0.3 is 6.09 Å². The number of aromatic amines is 1. The Kier molecular flexibility index (Phi) is 4.95. The summed E-state index contributed by atoms with van der Waals surface area (Å²) in [5.41, 5.74) is 2.82. The molecule has 6 heteroatoms. The molecule has 2 aromatic carbocycles. The van der Waals surface area contributed by atoms with E-state index in [0.29, 0.717) is 6.42 Å². The first-order valence-electron chi connectivity index (χ1n) is 7.82. The maximum absolute atomic E-state index is 13.5. The fourth-order valence-corrected chi connectivity index (χ4v) is 3.17. The number of nitrogens with zero attached hydrogens (tertiary/aromatic N) is 1. The van der Waals surface area contributed by atoms with Crippen molar-refractivity contribution in [3.05, 3.63) is 70.6 Å². The van der Waals surface area contributed by atoms with Crippen molar-refractivity contribution in [3.8, 4) is 0 Å². The summed E-state index contributed by atoms with van der Waals surface area (Å²) in [7, 11) is 2.99. The number of methoxy groups -OCH3 is 1. The average molecular weight is 361 g/mol. The van der Waals surface area contributed by atoms with Crippen molar-refractivity contribution in [3.63, 3.8) is 0 Å². The Balaban J connectivity index is 2.01. The summed E-state index contributed by atoms with van der Waals surface area (Å²) in [5, 5.41) is 1.11. The average Bonchev–Trinajstić information content (AvgIpc) is 3.04. The zero-order valence-electron chi connectivity index (χ0n) is 13.9. The van der Waals surface area contributed by atoms with E-state index in [0.717, 1.165) is 22.0 Å². The number of rotatable bonds is 4. The molecule has 0 aliphatic heterocycles. The highest BCUT2D eigenvalue weighted by Gasteiger charge is 2.24. The smallest absolute Gasteiger partial charge is 0.409 e. The molecular formula is C19H18ClFN2O2. The third-order valence-corrected chi connectivity index (χ3v) is 4.64. The lowest BCUT2D eigenvalue weighted by Gasteiger charge is -2.27. The molecule has 0 bridgehead atoms. The van der Waals surface area contributed by atoms with Gasteiger partial charge in [0, 0.05) is 24.1 Å². The van der Waals surface area contributed by atoms with E-state index in [1.54, 1.807) is 19.2 Å². The van der Waals surface area contributed by atoms with Crippen molar-refractivity contribution in [1.29, 1.82) is 0 Å². The summed E-state index contributed by atoms with van der Waals surface area (Å²) in [6.07, 6.45) is 2.00. The number of nitrogens with one attached hydrogen (secondary N) is 1. The van der Waals surface area contributed by atoms with Gasteiger partial charge in [0.15, 0.2) is 0 Å². The van der Waals surface area contributed by atoms with Crippen LogP contribution in [0.4, 0.5) is 9.18 Å². The van der Waals surface area contributed by atoms with E-state index < -0.39 is 11.9 Å². The molecule has 1 atom stereocenters. The Morgan fingerprint density at radius 2 is 2.08 bits per heavy atom. The third-order valence-electron chi connectivity index (χ3n) is 4.35. The van der Waals surface area contributed by atoms with Gasteiger partial charge in [0.2, 0.25) is 0 Å². The molecule has 0 saturated heterocycles. The van der Waals surface area contributed by atoms with Gasteiger partial charge in [-0.3, -0.25) is 0 Å². The van der Waals surface area contributed by atoms with Gasteiger partial charge in [-0.25, -0.2) is 9.18 Å². The fraction of sp³-hybridized carbons (Fsp3) is 0.211. The van der Waals surface area contributed by atoms with Crippen molar-refractivity contribution in [2.75, 3.05) is 14.2 Å². The predicted molar refractivity (Wildman–Crippen MR) is 96.3 cm³/mol. The first kappa shape index (κ1) is 17.3. The largest absolute Gasteiger partial charge is 0.453 e. The number of halogens is 2. The Morgan fingerprint density at radius 3 is 2.80 bits per heavy atom. The van der Waals surface area contributed by atoms with E-state index in [2.05, 4.69) is 4.98 Å². The Bertz CT molecular complexity index is 909. The van der Waals surface area contributed by atoms with Gasteiger partial charge in [-0.1, -0.05) is 35.9 Å². The molecule has 0 saturated carbocycles. The highest BCUT2D eigenvalue weighted by Crippen LogP contribution is 2.30. The van der Waals surface area contributed by atoms with Crippen LogP contribution in [-0.2, 0) is 11.2 Å². The zero-order valence-corrected chi connectivity index (χ0v) is 14.7. The molecule has 25 heavy (non-hydrogen) atoms. The maximum atomic E-state index is 13.5. The summed E-state index contributed by atoms with van der Waals surface area (Å²) in [6.45, 7) is 0. The minimum absolute atomic E-state index is 0.0275. The van der Waals surface area contributed by atoms with Gasteiger partial charge in [-0.15, -0.1) is 0 Å². The van der Waals surface area contributed by atoms with E-state index in [9.17, 15) is 9.18 Å². The van der Waals surface area contributed by atoms with Crippen LogP contribution in [0.1, 0.15) is 17.2 Å². The summed E-state index contributed by atoms with van der Waals surface area (Å²) in [5.74, 6) is -0.489. The van der Waals surface area contributed by atoms with Gasteiger partial charge in [0.05, 0.1) is 18.2 Å². The van der Waals surface area contributed by atoms with Gasteiger partial charge < -0.3 is 14.6 Å². The Labute approximate surface area is 150 Å². The van der Waals surface area contributed by atoms with Gasteiger partial charge in [-0.2, -0.15) is 0 Å². The molecule has 1 N–H and O–H groups in total. The van der Waals surface area contributed by atoms with Crippen molar-refractivity contribution in [2.45, 2.75) is 12.5 Å². The molecule has 3 rings (SSSR count). The van der Waals surface area contributed by atoms with Crippen molar-refractivity contribution in [2.24, 2.45) is 0 Å².